The summed E-state index contributed by atoms with van der Waals surface area (Å²) >= 11 is 6.36. The molecular formula is C22H27ClN4O3. The van der Waals surface area contributed by atoms with Crippen LogP contribution in [0.15, 0.2) is 21.9 Å². The first-order valence-corrected chi connectivity index (χ1v) is 10.9. The summed E-state index contributed by atoms with van der Waals surface area (Å²) in [7, 11) is 1.89. The van der Waals surface area contributed by atoms with Gasteiger partial charge in [-0.25, -0.2) is 4.99 Å². The van der Waals surface area contributed by atoms with Gasteiger partial charge in [0.2, 0.25) is 11.5 Å². The zero-order valence-corrected chi connectivity index (χ0v) is 18.0. The van der Waals surface area contributed by atoms with Crippen LogP contribution < -0.4 is 21.3 Å². The van der Waals surface area contributed by atoms with Crippen molar-refractivity contribution in [3.05, 3.63) is 44.0 Å². The summed E-state index contributed by atoms with van der Waals surface area (Å²) < 4.78 is 7.59. The molecular weight excluding hydrogens is 404 g/mol. The van der Waals surface area contributed by atoms with Gasteiger partial charge in [0.15, 0.2) is 0 Å². The number of carbonyl (C=O) groups is 1. The number of benzene rings is 1. The topological polar surface area (TPSA) is 79.7 Å². The van der Waals surface area contributed by atoms with Gasteiger partial charge in [-0.1, -0.05) is 31.0 Å². The van der Waals surface area contributed by atoms with Crippen LogP contribution in [-0.2, 0) is 11.3 Å². The molecule has 2 aliphatic rings. The Balaban J connectivity index is 1.33. The number of H-pyrrole nitrogens is 1. The molecule has 1 aliphatic heterocycles. The third-order valence-electron chi connectivity index (χ3n) is 5.98. The van der Waals surface area contributed by atoms with Gasteiger partial charge >= 0.3 is 0 Å². The van der Waals surface area contributed by atoms with Crippen molar-refractivity contribution in [2.24, 2.45) is 10.9 Å². The lowest BCUT2D eigenvalue weighted by Crippen LogP contribution is -2.32. The van der Waals surface area contributed by atoms with Crippen LogP contribution in [0, 0.1) is 5.92 Å². The predicted octanol–water partition coefficient (Wildman–Crippen LogP) is 2.36. The number of rotatable bonds is 7. The van der Waals surface area contributed by atoms with Crippen LogP contribution in [-0.4, -0.2) is 40.6 Å². The molecule has 2 aromatic rings. The number of ether oxygens (including phenoxy) is 1. The van der Waals surface area contributed by atoms with Crippen LogP contribution in [0.2, 0.25) is 5.02 Å². The molecule has 1 fully saturated rings. The molecule has 0 unspecified atom stereocenters. The summed E-state index contributed by atoms with van der Waals surface area (Å²) in [6.07, 6.45) is 6.13. The van der Waals surface area contributed by atoms with Crippen molar-refractivity contribution in [1.82, 2.24) is 14.5 Å². The number of hydrogen-bond acceptors (Lipinski definition) is 4. The minimum Gasteiger partial charge on any atom is -0.492 e. The number of imidazole rings is 1. The average Bonchev–Trinajstić information content (AvgIpc) is 3.32. The molecule has 30 heavy (non-hydrogen) atoms. The van der Waals surface area contributed by atoms with E-state index in [2.05, 4.69) is 16.6 Å². The molecule has 1 aromatic heterocycles. The summed E-state index contributed by atoms with van der Waals surface area (Å²) in [5.41, 5.74) is 1.84. The van der Waals surface area contributed by atoms with E-state index < -0.39 is 0 Å². The van der Waals surface area contributed by atoms with E-state index >= 15 is 0 Å². The molecule has 0 atom stereocenters. The van der Waals surface area contributed by atoms with Crippen LogP contribution in [0.5, 0.6) is 5.75 Å². The molecule has 2 heterocycles. The van der Waals surface area contributed by atoms with Crippen molar-refractivity contribution >= 4 is 29.8 Å². The molecule has 0 radical (unpaired) electrons. The highest BCUT2D eigenvalue weighted by Gasteiger charge is 2.19. The van der Waals surface area contributed by atoms with Crippen LogP contribution in [0.25, 0.3) is 6.58 Å². The average molecular weight is 431 g/mol. The van der Waals surface area contributed by atoms with E-state index in [1.54, 1.807) is 10.6 Å². The first-order valence-electron chi connectivity index (χ1n) is 10.5. The van der Waals surface area contributed by atoms with Crippen molar-refractivity contribution in [3.8, 4) is 5.75 Å². The predicted molar refractivity (Wildman–Crippen MR) is 116 cm³/mol. The Morgan fingerprint density at radius 2 is 2.17 bits per heavy atom. The molecule has 0 bridgehead atoms. The number of fused-ring (bicyclic) bond motifs is 2. The van der Waals surface area contributed by atoms with Gasteiger partial charge in [0, 0.05) is 25.6 Å². The highest BCUT2D eigenvalue weighted by atomic mass is 35.5. The summed E-state index contributed by atoms with van der Waals surface area (Å²) in [6, 6.07) is 3.59. The van der Waals surface area contributed by atoms with Gasteiger partial charge in [-0.05, 0) is 37.3 Å². The Labute approximate surface area is 180 Å². The second-order valence-electron chi connectivity index (χ2n) is 8.21. The SMILES string of the molecule is C=c1c(=O)[nH]c2n1Cc1cc(OCCCC(=O)N(C)CC3CCCC3)c(Cl)cc1N=2. The van der Waals surface area contributed by atoms with E-state index in [1.165, 1.54) is 25.7 Å². The lowest BCUT2D eigenvalue weighted by atomic mass is 10.1. The van der Waals surface area contributed by atoms with E-state index in [0.29, 0.717) is 59.3 Å². The fourth-order valence-electron chi connectivity index (χ4n) is 4.24. The Morgan fingerprint density at radius 1 is 1.40 bits per heavy atom. The highest BCUT2D eigenvalue weighted by molar-refractivity contribution is 6.32. The lowest BCUT2D eigenvalue weighted by Gasteiger charge is -2.21. The van der Waals surface area contributed by atoms with Crippen LogP contribution in [0.1, 0.15) is 44.1 Å². The minimum atomic E-state index is -0.244. The summed E-state index contributed by atoms with van der Waals surface area (Å²) in [5, 5.41) is 0.830. The van der Waals surface area contributed by atoms with Crippen LogP contribution >= 0.6 is 11.6 Å². The molecule has 1 aliphatic carbocycles. The largest absolute Gasteiger partial charge is 0.492 e. The zero-order chi connectivity index (χ0) is 21.3. The van der Waals surface area contributed by atoms with Gasteiger partial charge in [0.25, 0.3) is 5.56 Å². The Kier molecular flexibility index (Phi) is 5.99. The van der Waals surface area contributed by atoms with Crippen LogP contribution in [0.4, 0.5) is 5.69 Å². The zero-order valence-electron chi connectivity index (χ0n) is 17.2. The monoisotopic (exact) mass is 430 g/mol. The second kappa shape index (κ2) is 8.68. The van der Waals surface area contributed by atoms with E-state index in [1.807, 2.05) is 18.0 Å². The van der Waals surface area contributed by atoms with E-state index in [-0.39, 0.29) is 11.5 Å². The van der Waals surface area contributed by atoms with Crippen molar-refractivity contribution in [2.75, 3.05) is 20.2 Å². The van der Waals surface area contributed by atoms with Crippen molar-refractivity contribution in [2.45, 2.75) is 45.1 Å². The molecule has 1 N–H and O–H groups in total. The number of aromatic amines is 1. The summed E-state index contributed by atoms with van der Waals surface area (Å²) in [6.45, 7) is 5.54. The number of amides is 1. The maximum atomic E-state index is 12.3. The van der Waals surface area contributed by atoms with Crippen molar-refractivity contribution < 1.29 is 9.53 Å². The first kappa shape index (κ1) is 20.7. The van der Waals surface area contributed by atoms with E-state index in [0.717, 1.165) is 12.1 Å². The summed E-state index contributed by atoms with van der Waals surface area (Å²) in [5.74, 6) is 1.38. The van der Waals surface area contributed by atoms with Gasteiger partial charge in [-0.15, -0.1) is 0 Å². The fourth-order valence-corrected chi connectivity index (χ4v) is 4.45. The first-order chi connectivity index (χ1) is 14.4. The molecule has 1 amide bonds. The Hall–Kier alpha value is -2.54. The third kappa shape index (κ3) is 4.31. The maximum absolute atomic E-state index is 12.3. The minimum absolute atomic E-state index is 0.161. The van der Waals surface area contributed by atoms with Gasteiger partial charge in [-0.2, -0.15) is 0 Å². The molecule has 1 aromatic carbocycles. The number of aromatic nitrogens is 2. The van der Waals surface area contributed by atoms with E-state index in [9.17, 15) is 9.59 Å². The van der Waals surface area contributed by atoms with Crippen molar-refractivity contribution in [1.29, 1.82) is 0 Å². The smallest absolute Gasteiger partial charge is 0.274 e. The number of carbonyl (C=O) groups excluding carboxylic acids is 1. The van der Waals surface area contributed by atoms with Gasteiger partial charge < -0.3 is 14.2 Å². The molecule has 0 saturated heterocycles. The van der Waals surface area contributed by atoms with Crippen LogP contribution in [0.3, 0.4) is 0 Å². The second-order valence-corrected chi connectivity index (χ2v) is 8.62. The quantitative estimate of drug-likeness (QED) is 0.584. The molecule has 8 heteroatoms. The normalized spacial score (nSPS) is 15.4. The highest BCUT2D eigenvalue weighted by Crippen LogP contribution is 2.34. The standard InChI is InChI=1S/C22H27ClN4O3/c1-14-21(29)25-22-24-18-11-17(23)19(10-16(18)13-27(14)22)30-9-5-8-20(28)26(2)12-15-6-3-4-7-15/h10-11,15H,1,3-9,12-13H2,2H3,(H,24,25,29). The number of nitrogens with one attached hydrogen (secondary N) is 1. The number of halogens is 1. The molecule has 7 nitrogen and oxygen atoms in total. The number of hydrogen-bond donors (Lipinski definition) is 1. The Bertz CT molecular complexity index is 1110. The van der Waals surface area contributed by atoms with E-state index in [4.69, 9.17) is 16.3 Å². The van der Waals surface area contributed by atoms with Crippen molar-refractivity contribution in [3.63, 3.8) is 0 Å². The molecule has 160 valence electrons. The van der Waals surface area contributed by atoms with Gasteiger partial charge in [-0.3, -0.25) is 14.6 Å². The number of nitrogens with zero attached hydrogens (tertiary/aromatic N) is 3. The van der Waals surface area contributed by atoms with Gasteiger partial charge in [0.05, 0.1) is 23.9 Å². The molecule has 1 saturated carbocycles. The molecule has 0 spiro atoms. The third-order valence-corrected chi connectivity index (χ3v) is 6.28. The fraction of sp³-hybridized carbons (Fsp3) is 0.500. The maximum Gasteiger partial charge on any atom is 0.274 e. The molecule has 4 rings (SSSR count). The van der Waals surface area contributed by atoms with Gasteiger partial charge in [0.1, 0.15) is 11.1 Å². The lowest BCUT2D eigenvalue weighted by molar-refractivity contribution is -0.130. The Morgan fingerprint density at radius 3 is 2.93 bits per heavy atom. The summed E-state index contributed by atoms with van der Waals surface area (Å²) in [4.78, 5) is 33.1.